The van der Waals surface area contributed by atoms with Gasteiger partial charge < -0.3 is 19.9 Å². The number of hydrogen-bond donors (Lipinski definition) is 2. The standard InChI is InChI=1S/C30H29Cl2N5O4/c1-2-14-30(29(39)34-18-22-8-11-23(31)17-26(22)32)27(25-7-4-3-6-21(25)19-35-37-33)41-28(36-30)20-9-12-24(13-10-20)40-16-5-15-38/h2-4,6-13,17,27,38H,1,5,14-16,18-19H2,(H,34,39)/t27-,30-/m1/s1. The van der Waals surface area contributed by atoms with Crippen LogP contribution in [0.4, 0.5) is 0 Å². The maximum atomic E-state index is 14.1. The van der Waals surface area contributed by atoms with Crippen molar-refractivity contribution in [2.75, 3.05) is 13.2 Å². The van der Waals surface area contributed by atoms with E-state index >= 15 is 0 Å². The van der Waals surface area contributed by atoms with Crippen LogP contribution < -0.4 is 10.1 Å². The van der Waals surface area contributed by atoms with E-state index < -0.39 is 11.6 Å². The van der Waals surface area contributed by atoms with Gasteiger partial charge in [0.05, 0.1) is 13.2 Å². The maximum absolute atomic E-state index is 14.1. The van der Waals surface area contributed by atoms with Crippen molar-refractivity contribution in [3.05, 3.63) is 122 Å². The lowest BCUT2D eigenvalue weighted by Crippen LogP contribution is -2.48. The molecule has 1 heterocycles. The van der Waals surface area contributed by atoms with Crippen LogP contribution >= 0.6 is 23.2 Å². The van der Waals surface area contributed by atoms with Gasteiger partial charge in [-0.1, -0.05) is 64.7 Å². The molecule has 0 bridgehead atoms. The number of hydrogen-bond acceptors (Lipinski definition) is 6. The summed E-state index contributed by atoms with van der Waals surface area (Å²) in [6.07, 6.45) is 1.47. The molecule has 0 radical (unpaired) electrons. The van der Waals surface area contributed by atoms with Crippen LogP contribution in [0.15, 0.2) is 89.5 Å². The molecule has 0 aromatic heterocycles. The molecule has 4 rings (SSSR count). The number of ether oxygens (including phenoxy) is 2. The van der Waals surface area contributed by atoms with Crippen molar-refractivity contribution in [2.24, 2.45) is 10.1 Å². The van der Waals surface area contributed by atoms with Gasteiger partial charge in [0.1, 0.15) is 5.75 Å². The fourth-order valence-corrected chi connectivity index (χ4v) is 5.02. The molecule has 2 N–H and O–H groups in total. The smallest absolute Gasteiger partial charge is 0.252 e. The Morgan fingerprint density at radius 2 is 1.98 bits per heavy atom. The average molecular weight is 594 g/mol. The quantitative estimate of drug-likeness (QED) is 0.0749. The zero-order valence-electron chi connectivity index (χ0n) is 22.2. The molecular formula is C30H29Cl2N5O4. The molecule has 0 saturated heterocycles. The Bertz CT molecular complexity index is 1470. The third-order valence-electron chi connectivity index (χ3n) is 6.58. The Morgan fingerprint density at radius 1 is 1.20 bits per heavy atom. The number of carbonyl (C=O) groups is 1. The van der Waals surface area contributed by atoms with Crippen LogP contribution in [0, 0.1) is 0 Å². The first-order valence-electron chi connectivity index (χ1n) is 12.9. The van der Waals surface area contributed by atoms with E-state index in [4.69, 9.17) is 48.3 Å². The van der Waals surface area contributed by atoms with Crippen LogP contribution in [0.25, 0.3) is 10.4 Å². The normalized spacial score (nSPS) is 17.6. The van der Waals surface area contributed by atoms with Gasteiger partial charge in [-0.3, -0.25) is 4.79 Å². The average Bonchev–Trinajstić information content (AvgIpc) is 3.36. The van der Waals surface area contributed by atoms with Crippen molar-refractivity contribution in [1.29, 1.82) is 0 Å². The molecule has 0 aliphatic carbocycles. The first-order valence-corrected chi connectivity index (χ1v) is 13.7. The number of aliphatic hydroxyl groups is 1. The van der Waals surface area contributed by atoms with Crippen LogP contribution in [0.2, 0.25) is 10.0 Å². The Morgan fingerprint density at radius 3 is 2.68 bits per heavy atom. The summed E-state index contributed by atoms with van der Waals surface area (Å²) in [7, 11) is 0. The van der Waals surface area contributed by atoms with E-state index in [9.17, 15) is 4.79 Å². The summed E-state index contributed by atoms with van der Waals surface area (Å²) in [6.45, 7) is 4.55. The number of rotatable bonds is 13. The fraction of sp³-hybridized carbons (Fsp3) is 0.267. The highest BCUT2D eigenvalue weighted by atomic mass is 35.5. The second kappa shape index (κ2) is 14.1. The predicted octanol–water partition coefficient (Wildman–Crippen LogP) is 6.71. The molecule has 0 unspecified atom stereocenters. The van der Waals surface area contributed by atoms with E-state index in [1.807, 2.05) is 24.3 Å². The lowest BCUT2D eigenvalue weighted by Gasteiger charge is -2.30. The number of aliphatic hydroxyl groups excluding tert-OH is 1. The minimum absolute atomic E-state index is 0.0446. The van der Waals surface area contributed by atoms with Gasteiger partial charge in [-0.2, -0.15) is 0 Å². The summed E-state index contributed by atoms with van der Waals surface area (Å²) < 4.78 is 12.1. The van der Waals surface area contributed by atoms with Gasteiger partial charge in [-0.05, 0) is 58.6 Å². The SMILES string of the molecule is C=CC[C@@]1(C(=O)NCc2ccc(Cl)cc2Cl)N=C(c2ccc(OCCCO)cc2)O[C@@H]1c1ccccc1CN=[N+]=[N-]. The number of nitrogens with zero attached hydrogens (tertiary/aromatic N) is 4. The van der Waals surface area contributed by atoms with E-state index in [-0.39, 0.29) is 37.9 Å². The Hall–Kier alpha value is -4.01. The molecule has 3 aromatic carbocycles. The molecule has 1 aliphatic rings. The third kappa shape index (κ3) is 7.01. The van der Waals surface area contributed by atoms with Crippen LogP contribution in [0.3, 0.4) is 0 Å². The number of benzene rings is 3. The zero-order valence-corrected chi connectivity index (χ0v) is 23.7. The Balaban J connectivity index is 1.73. The summed E-state index contributed by atoms with van der Waals surface area (Å²) in [5.41, 5.74) is 10.2. The molecule has 11 heteroatoms. The topological polar surface area (TPSA) is 129 Å². The predicted molar refractivity (Wildman–Crippen MR) is 159 cm³/mol. The lowest BCUT2D eigenvalue weighted by atomic mass is 9.82. The number of halogens is 2. The van der Waals surface area contributed by atoms with Crippen molar-refractivity contribution in [3.8, 4) is 5.75 Å². The molecule has 0 fully saturated rings. The highest BCUT2D eigenvalue weighted by molar-refractivity contribution is 6.35. The molecule has 0 spiro atoms. The third-order valence-corrected chi connectivity index (χ3v) is 7.17. The van der Waals surface area contributed by atoms with Crippen molar-refractivity contribution in [3.63, 3.8) is 0 Å². The highest BCUT2D eigenvalue weighted by Crippen LogP contribution is 2.44. The largest absolute Gasteiger partial charge is 0.494 e. The summed E-state index contributed by atoms with van der Waals surface area (Å²) in [5.74, 6) is 0.523. The fourth-order valence-electron chi connectivity index (χ4n) is 4.55. The number of aliphatic imine (C=N–C) groups is 1. The molecule has 1 amide bonds. The monoisotopic (exact) mass is 593 g/mol. The maximum Gasteiger partial charge on any atom is 0.252 e. The van der Waals surface area contributed by atoms with Crippen molar-refractivity contribution in [2.45, 2.75) is 37.6 Å². The number of azide groups is 1. The van der Waals surface area contributed by atoms with Crippen molar-refractivity contribution in [1.82, 2.24) is 5.32 Å². The lowest BCUT2D eigenvalue weighted by molar-refractivity contribution is -0.129. The van der Waals surface area contributed by atoms with Crippen LogP contribution in [-0.2, 0) is 22.6 Å². The second-order valence-corrected chi connectivity index (χ2v) is 10.1. The molecule has 41 heavy (non-hydrogen) atoms. The van der Waals surface area contributed by atoms with Crippen LogP contribution in [0.1, 0.15) is 41.2 Å². The van der Waals surface area contributed by atoms with Crippen LogP contribution in [0.5, 0.6) is 5.75 Å². The number of carbonyl (C=O) groups excluding carboxylic acids is 1. The minimum Gasteiger partial charge on any atom is -0.494 e. The molecular weight excluding hydrogens is 565 g/mol. The van der Waals surface area contributed by atoms with Gasteiger partial charge in [0.25, 0.3) is 5.91 Å². The molecule has 9 nitrogen and oxygen atoms in total. The number of nitrogens with one attached hydrogen (secondary N) is 1. The van der Waals surface area contributed by atoms with E-state index in [1.165, 1.54) is 0 Å². The van der Waals surface area contributed by atoms with Gasteiger partial charge in [-0.15, -0.1) is 6.58 Å². The summed E-state index contributed by atoms with van der Waals surface area (Å²) in [4.78, 5) is 21.8. The van der Waals surface area contributed by atoms with Gasteiger partial charge >= 0.3 is 0 Å². The van der Waals surface area contributed by atoms with E-state index in [0.29, 0.717) is 51.1 Å². The van der Waals surface area contributed by atoms with Crippen LogP contribution in [-0.4, -0.2) is 35.7 Å². The first-order chi connectivity index (χ1) is 19.9. The van der Waals surface area contributed by atoms with Gasteiger partial charge in [-0.25, -0.2) is 4.99 Å². The number of amides is 1. The summed E-state index contributed by atoms with van der Waals surface area (Å²) in [5, 5.41) is 16.6. The Labute approximate surface area is 248 Å². The molecule has 2 atom stereocenters. The van der Waals surface area contributed by atoms with E-state index in [0.717, 1.165) is 0 Å². The van der Waals surface area contributed by atoms with Gasteiger partial charge in [0.2, 0.25) is 5.90 Å². The molecule has 1 aliphatic heterocycles. The highest BCUT2D eigenvalue weighted by Gasteiger charge is 2.52. The van der Waals surface area contributed by atoms with Gasteiger partial charge in [0.15, 0.2) is 11.6 Å². The van der Waals surface area contributed by atoms with Crippen molar-refractivity contribution >= 4 is 35.0 Å². The zero-order chi connectivity index (χ0) is 29.2. The molecule has 3 aromatic rings. The first kappa shape index (κ1) is 30.0. The summed E-state index contributed by atoms with van der Waals surface area (Å²) in [6, 6.07) is 19.5. The van der Waals surface area contributed by atoms with Gasteiger partial charge in [0, 0.05) is 46.5 Å². The minimum atomic E-state index is -1.42. The second-order valence-electron chi connectivity index (χ2n) is 9.29. The molecule has 0 saturated carbocycles. The Kier molecular flexibility index (Phi) is 10.3. The molecule has 212 valence electrons. The van der Waals surface area contributed by atoms with E-state index in [2.05, 4.69) is 21.9 Å². The summed E-state index contributed by atoms with van der Waals surface area (Å²) >= 11 is 12.4. The van der Waals surface area contributed by atoms with E-state index in [1.54, 1.807) is 48.5 Å². The van der Waals surface area contributed by atoms with Crippen molar-refractivity contribution < 1.29 is 19.4 Å².